The number of pyridine rings is 1. The van der Waals surface area contributed by atoms with Gasteiger partial charge in [0.25, 0.3) is 0 Å². The molecular weight excluding hydrogens is 442 g/mol. The van der Waals surface area contributed by atoms with Crippen LogP contribution >= 0.6 is 11.3 Å². The van der Waals surface area contributed by atoms with Gasteiger partial charge in [-0.1, -0.05) is 65.8 Å². The van der Waals surface area contributed by atoms with Gasteiger partial charge in [0.05, 0.1) is 16.8 Å². The summed E-state index contributed by atoms with van der Waals surface area (Å²) >= 11 is 1.69. The number of allylic oxidation sites excluding steroid dienone is 1. The first kappa shape index (κ1) is 24.3. The molecule has 1 aromatic carbocycles. The number of ketones is 1. The molecule has 4 nitrogen and oxygen atoms in total. The van der Waals surface area contributed by atoms with Crippen molar-refractivity contribution in [3.8, 4) is 0 Å². The third-order valence-electron chi connectivity index (χ3n) is 6.67. The van der Waals surface area contributed by atoms with E-state index in [-0.39, 0.29) is 17.8 Å². The van der Waals surface area contributed by atoms with Crippen LogP contribution in [0.2, 0.25) is 0 Å². The molecule has 3 aromatic rings. The summed E-state index contributed by atoms with van der Waals surface area (Å²) in [5, 5.41) is 2.85. The zero-order valence-corrected chi connectivity index (χ0v) is 21.7. The number of para-hydroxylation sites is 1. The van der Waals surface area contributed by atoms with Gasteiger partial charge < -0.3 is 4.74 Å². The number of fused-ring (bicyclic) bond motifs is 2. The predicted molar refractivity (Wildman–Crippen MR) is 140 cm³/mol. The normalized spacial score (nSPS) is 17.6. The van der Waals surface area contributed by atoms with E-state index < -0.39 is 11.4 Å². The second kappa shape index (κ2) is 9.10. The van der Waals surface area contributed by atoms with Crippen molar-refractivity contribution >= 4 is 45.6 Å². The molecule has 0 saturated carbocycles. The lowest BCUT2D eigenvalue weighted by molar-refractivity contribution is -0.129. The second-order valence-corrected chi connectivity index (χ2v) is 12.2. The molecule has 34 heavy (non-hydrogen) atoms. The van der Waals surface area contributed by atoms with Crippen LogP contribution in [0.3, 0.4) is 0 Å². The number of aromatic nitrogens is 1. The number of rotatable bonds is 4. The van der Waals surface area contributed by atoms with E-state index in [1.165, 1.54) is 4.88 Å². The van der Waals surface area contributed by atoms with Gasteiger partial charge >= 0.3 is 5.97 Å². The fourth-order valence-electron chi connectivity index (χ4n) is 4.33. The Labute approximate surface area is 206 Å². The lowest BCUT2D eigenvalue weighted by atomic mass is 9.69. The maximum atomic E-state index is 13.5. The van der Waals surface area contributed by atoms with Gasteiger partial charge in [0.1, 0.15) is 0 Å². The predicted octanol–water partition coefficient (Wildman–Crippen LogP) is 7.22. The number of Topliss-reactive ketones (excluding diaryl/α,β-unsaturated/α-hetero) is 1. The minimum Gasteiger partial charge on any atom is -0.454 e. The van der Waals surface area contributed by atoms with Gasteiger partial charge in [-0.15, -0.1) is 11.3 Å². The van der Waals surface area contributed by atoms with Crippen molar-refractivity contribution in [2.24, 2.45) is 16.7 Å². The Morgan fingerprint density at radius 3 is 2.44 bits per heavy atom. The van der Waals surface area contributed by atoms with E-state index in [0.717, 1.165) is 40.6 Å². The van der Waals surface area contributed by atoms with E-state index in [2.05, 4.69) is 38.3 Å². The summed E-state index contributed by atoms with van der Waals surface area (Å²) < 4.78 is 5.62. The minimum absolute atomic E-state index is 0.0568. The van der Waals surface area contributed by atoms with E-state index >= 15 is 0 Å². The van der Waals surface area contributed by atoms with Gasteiger partial charge in [0, 0.05) is 15.7 Å². The minimum atomic E-state index is -0.562. The summed E-state index contributed by atoms with van der Waals surface area (Å²) in [6.07, 6.45) is 3.86. The van der Waals surface area contributed by atoms with Crippen molar-refractivity contribution in [1.29, 1.82) is 0 Å². The number of carbonyl (C=O) groups excluding carboxylic acids is 2. The zero-order chi connectivity index (χ0) is 24.7. The molecule has 0 N–H and O–H groups in total. The summed E-state index contributed by atoms with van der Waals surface area (Å²) in [6, 6.07) is 11.9. The van der Waals surface area contributed by atoms with E-state index in [9.17, 15) is 9.59 Å². The average Bonchev–Trinajstić information content (AvgIpc) is 3.27. The maximum absolute atomic E-state index is 13.5. The number of carbonyl (C=O) groups is 2. The molecule has 2 aromatic heterocycles. The molecule has 0 spiro atoms. The zero-order valence-electron chi connectivity index (χ0n) is 20.9. The standard InChI is InChI=1S/C29H33NO3S/c1-28(2,3)19-14-18(15-20-10-9-13-34-20)26-22(16-19)25(21-11-7-8-12-23(21)30-26)27(32)33-17-24(31)29(4,5)6/h7-13,15,19H,14,16-17H2,1-6H3. The van der Waals surface area contributed by atoms with Crippen LogP contribution < -0.4 is 0 Å². The first-order valence-electron chi connectivity index (χ1n) is 11.8. The van der Waals surface area contributed by atoms with Crippen molar-refractivity contribution in [2.45, 2.75) is 54.4 Å². The molecular formula is C29H33NO3S. The van der Waals surface area contributed by atoms with E-state index in [0.29, 0.717) is 11.5 Å². The molecule has 0 fully saturated rings. The Balaban J connectivity index is 1.88. The van der Waals surface area contributed by atoms with Crippen molar-refractivity contribution in [3.63, 3.8) is 0 Å². The van der Waals surface area contributed by atoms with Crippen LogP contribution in [0.4, 0.5) is 0 Å². The van der Waals surface area contributed by atoms with Crippen LogP contribution in [0.1, 0.15) is 74.5 Å². The van der Waals surface area contributed by atoms with Crippen LogP contribution in [0, 0.1) is 16.7 Å². The third kappa shape index (κ3) is 5.00. The number of hydrogen-bond acceptors (Lipinski definition) is 5. The molecule has 178 valence electrons. The van der Waals surface area contributed by atoms with E-state index in [4.69, 9.17) is 9.72 Å². The molecule has 1 aliphatic carbocycles. The molecule has 5 heteroatoms. The smallest absolute Gasteiger partial charge is 0.339 e. The molecule has 4 rings (SSSR count). The second-order valence-electron chi connectivity index (χ2n) is 11.2. The SMILES string of the molecule is CC(C)(C)C(=O)COC(=O)c1c2c(nc3ccccc13)C(=Cc1cccs1)CC(C(C)(C)C)C2. The highest BCUT2D eigenvalue weighted by Gasteiger charge is 2.35. The van der Waals surface area contributed by atoms with Crippen LogP contribution in [0.25, 0.3) is 22.6 Å². The van der Waals surface area contributed by atoms with Gasteiger partial charge in [0.15, 0.2) is 12.4 Å². The summed E-state index contributed by atoms with van der Waals surface area (Å²) in [6.45, 7) is 12.0. The van der Waals surface area contributed by atoms with Crippen molar-refractivity contribution < 1.29 is 14.3 Å². The Morgan fingerprint density at radius 2 is 1.79 bits per heavy atom. The number of thiophene rings is 1. The highest BCUT2D eigenvalue weighted by atomic mass is 32.1. The Bertz CT molecular complexity index is 1260. The maximum Gasteiger partial charge on any atom is 0.339 e. The lowest BCUT2D eigenvalue weighted by Gasteiger charge is -2.36. The Kier molecular flexibility index (Phi) is 6.52. The van der Waals surface area contributed by atoms with Crippen LogP contribution in [-0.4, -0.2) is 23.3 Å². The van der Waals surface area contributed by atoms with Crippen molar-refractivity contribution in [1.82, 2.24) is 4.98 Å². The van der Waals surface area contributed by atoms with E-state index in [1.54, 1.807) is 11.3 Å². The molecule has 1 aliphatic rings. The molecule has 0 radical (unpaired) electrons. The first-order valence-corrected chi connectivity index (χ1v) is 12.7. The molecule has 2 heterocycles. The van der Waals surface area contributed by atoms with Gasteiger partial charge in [0.2, 0.25) is 0 Å². The van der Waals surface area contributed by atoms with E-state index in [1.807, 2.05) is 51.1 Å². The number of ether oxygens (including phenoxy) is 1. The molecule has 0 aliphatic heterocycles. The molecule has 1 unspecified atom stereocenters. The number of benzene rings is 1. The number of hydrogen-bond donors (Lipinski definition) is 0. The Hall–Kier alpha value is -2.79. The summed E-state index contributed by atoms with van der Waals surface area (Å²) in [5.74, 6) is -0.201. The molecule has 1 atom stereocenters. The third-order valence-corrected chi connectivity index (χ3v) is 7.49. The van der Waals surface area contributed by atoms with Gasteiger partial charge in [-0.25, -0.2) is 9.78 Å². The molecule has 0 bridgehead atoms. The topological polar surface area (TPSA) is 56.3 Å². The van der Waals surface area contributed by atoms with Gasteiger partial charge in [-0.3, -0.25) is 4.79 Å². The number of nitrogens with zero attached hydrogens (tertiary/aromatic N) is 1. The summed E-state index contributed by atoms with van der Waals surface area (Å²) in [5.41, 5.74) is 3.77. The Morgan fingerprint density at radius 1 is 1.06 bits per heavy atom. The quantitative estimate of drug-likeness (QED) is 0.374. The fourth-order valence-corrected chi connectivity index (χ4v) is 5.02. The highest BCUT2D eigenvalue weighted by Crippen LogP contribution is 2.45. The fraction of sp³-hybridized carbons (Fsp3) is 0.414. The monoisotopic (exact) mass is 475 g/mol. The van der Waals surface area contributed by atoms with Crippen molar-refractivity contribution in [3.05, 3.63) is 63.5 Å². The number of esters is 1. The largest absolute Gasteiger partial charge is 0.454 e. The average molecular weight is 476 g/mol. The summed E-state index contributed by atoms with van der Waals surface area (Å²) in [7, 11) is 0. The van der Waals surface area contributed by atoms with Gasteiger partial charge in [-0.2, -0.15) is 0 Å². The van der Waals surface area contributed by atoms with Crippen LogP contribution in [0.5, 0.6) is 0 Å². The first-order chi connectivity index (χ1) is 15.9. The highest BCUT2D eigenvalue weighted by molar-refractivity contribution is 7.10. The van der Waals surface area contributed by atoms with Crippen LogP contribution in [-0.2, 0) is 16.0 Å². The van der Waals surface area contributed by atoms with Crippen LogP contribution in [0.15, 0.2) is 41.8 Å². The summed E-state index contributed by atoms with van der Waals surface area (Å²) in [4.78, 5) is 32.2. The lowest BCUT2D eigenvalue weighted by Crippen LogP contribution is -2.30. The van der Waals surface area contributed by atoms with Gasteiger partial charge in [-0.05, 0) is 58.9 Å². The molecule has 0 amide bonds. The molecule has 0 saturated heterocycles. The van der Waals surface area contributed by atoms with Crippen molar-refractivity contribution in [2.75, 3.05) is 6.61 Å².